The molecule has 3 rings (SSSR count). The van der Waals surface area contributed by atoms with Gasteiger partial charge in [-0.05, 0) is 36.8 Å². The zero-order chi connectivity index (χ0) is 21.0. The molecule has 1 N–H and O–H groups in total. The number of para-hydroxylation sites is 1. The quantitative estimate of drug-likeness (QED) is 0.387. The molecular formula is C24H33N3O3. The SMILES string of the molecule is CCNC(=NCc1ccc(OCCOC)cc1)N1CCC(Oc2ccccc2)CC1. The van der Waals surface area contributed by atoms with E-state index in [0.717, 1.165) is 55.5 Å². The summed E-state index contributed by atoms with van der Waals surface area (Å²) in [5.41, 5.74) is 1.16. The number of piperidine rings is 1. The summed E-state index contributed by atoms with van der Waals surface area (Å²) < 4.78 is 16.7. The summed E-state index contributed by atoms with van der Waals surface area (Å²) in [6.07, 6.45) is 2.25. The summed E-state index contributed by atoms with van der Waals surface area (Å²) in [5, 5.41) is 3.43. The van der Waals surface area contributed by atoms with Crippen LogP contribution in [0.15, 0.2) is 59.6 Å². The average Bonchev–Trinajstić information content (AvgIpc) is 2.79. The fourth-order valence-corrected chi connectivity index (χ4v) is 3.40. The normalized spacial score (nSPS) is 15.1. The molecule has 0 unspecified atom stereocenters. The lowest BCUT2D eigenvalue weighted by molar-refractivity contribution is 0.129. The predicted octanol–water partition coefficient (Wildman–Crippen LogP) is 3.72. The van der Waals surface area contributed by atoms with Gasteiger partial charge in [-0.25, -0.2) is 4.99 Å². The second kappa shape index (κ2) is 12.1. The summed E-state index contributed by atoms with van der Waals surface area (Å²) in [6, 6.07) is 18.2. The Bertz CT molecular complexity index is 757. The van der Waals surface area contributed by atoms with Crippen molar-refractivity contribution < 1.29 is 14.2 Å². The zero-order valence-electron chi connectivity index (χ0n) is 18.0. The maximum Gasteiger partial charge on any atom is 0.194 e. The van der Waals surface area contributed by atoms with Crippen LogP contribution in [-0.2, 0) is 11.3 Å². The first-order valence-corrected chi connectivity index (χ1v) is 10.7. The third kappa shape index (κ3) is 6.95. The van der Waals surface area contributed by atoms with Crippen LogP contribution >= 0.6 is 0 Å². The number of benzene rings is 2. The van der Waals surface area contributed by atoms with E-state index < -0.39 is 0 Å². The predicted molar refractivity (Wildman–Crippen MR) is 120 cm³/mol. The number of methoxy groups -OCH3 is 1. The Morgan fingerprint density at radius 2 is 1.73 bits per heavy atom. The Morgan fingerprint density at radius 3 is 2.40 bits per heavy atom. The van der Waals surface area contributed by atoms with Crippen LogP contribution in [0, 0.1) is 0 Å². The van der Waals surface area contributed by atoms with Gasteiger partial charge in [-0.15, -0.1) is 0 Å². The molecule has 1 aliphatic heterocycles. The van der Waals surface area contributed by atoms with Crippen LogP contribution in [0.5, 0.6) is 11.5 Å². The van der Waals surface area contributed by atoms with E-state index >= 15 is 0 Å². The largest absolute Gasteiger partial charge is 0.491 e. The summed E-state index contributed by atoms with van der Waals surface area (Å²) in [6.45, 7) is 6.62. The lowest BCUT2D eigenvalue weighted by Gasteiger charge is -2.34. The van der Waals surface area contributed by atoms with Gasteiger partial charge in [-0.3, -0.25) is 0 Å². The van der Waals surface area contributed by atoms with Gasteiger partial charge in [0.05, 0.1) is 13.2 Å². The number of nitrogens with zero attached hydrogens (tertiary/aromatic N) is 2. The van der Waals surface area contributed by atoms with Gasteiger partial charge >= 0.3 is 0 Å². The molecule has 6 nitrogen and oxygen atoms in total. The van der Waals surface area contributed by atoms with Crippen molar-refractivity contribution >= 4 is 5.96 Å². The van der Waals surface area contributed by atoms with Gasteiger partial charge in [-0.1, -0.05) is 30.3 Å². The van der Waals surface area contributed by atoms with E-state index in [2.05, 4.69) is 29.3 Å². The van der Waals surface area contributed by atoms with Gasteiger partial charge in [0.2, 0.25) is 0 Å². The summed E-state index contributed by atoms with van der Waals surface area (Å²) in [4.78, 5) is 7.18. The Labute approximate surface area is 179 Å². The molecule has 1 fully saturated rings. The molecule has 2 aromatic rings. The van der Waals surface area contributed by atoms with Crippen LogP contribution in [0.25, 0.3) is 0 Å². The Morgan fingerprint density at radius 1 is 1.00 bits per heavy atom. The van der Waals surface area contributed by atoms with Crippen LogP contribution in [0.1, 0.15) is 25.3 Å². The summed E-state index contributed by atoms with van der Waals surface area (Å²) in [7, 11) is 1.67. The monoisotopic (exact) mass is 411 g/mol. The minimum absolute atomic E-state index is 0.261. The van der Waals surface area contributed by atoms with Crippen molar-refractivity contribution in [2.75, 3.05) is 40.0 Å². The molecular weight excluding hydrogens is 378 g/mol. The number of rotatable bonds is 9. The van der Waals surface area contributed by atoms with E-state index in [-0.39, 0.29) is 6.10 Å². The zero-order valence-corrected chi connectivity index (χ0v) is 18.0. The molecule has 1 aliphatic rings. The maximum atomic E-state index is 6.11. The van der Waals surface area contributed by atoms with E-state index in [0.29, 0.717) is 19.8 Å². The van der Waals surface area contributed by atoms with Crippen LogP contribution in [0.2, 0.25) is 0 Å². The second-order valence-electron chi connectivity index (χ2n) is 7.27. The van der Waals surface area contributed by atoms with Gasteiger partial charge in [0, 0.05) is 39.6 Å². The number of hydrogen-bond donors (Lipinski definition) is 1. The highest BCUT2D eigenvalue weighted by atomic mass is 16.5. The Hall–Kier alpha value is -2.73. The van der Waals surface area contributed by atoms with E-state index in [1.54, 1.807) is 7.11 Å². The van der Waals surface area contributed by atoms with Crippen LogP contribution in [0.4, 0.5) is 0 Å². The van der Waals surface area contributed by atoms with Crippen molar-refractivity contribution in [3.8, 4) is 11.5 Å². The van der Waals surface area contributed by atoms with Crippen molar-refractivity contribution in [2.24, 2.45) is 4.99 Å². The summed E-state index contributed by atoms with van der Waals surface area (Å²) in [5.74, 6) is 2.77. The molecule has 0 spiro atoms. The first kappa shape index (κ1) is 22.0. The molecule has 0 aromatic heterocycles. The molecule has 0 aliphatic carbocycles. The molecule has 0 bridgehead atoms. The highest BCUT2D eigenvalue weighted by Crippen LogP contribution is 2.19. The molecule has 2 aromatic carbocycles. The van der Waals surface area contributed by atoms with Gasteiger partial charge in [0.15, 0.2) is 5.96 Å². The highest BCUT2D eigenvalue weighted by molar-refractivity contribution is 5.80. The molecule has 0 amide bonds. The smallest absolute Gasteiger partial charge is 0.194 e. The van der Waals surface area contributed by atoms with Crippen molar-refractivity contribution in [3.63, 3.8) is 0 Å². The first-order valence-electron chi connectivity index (χ1n) is 10.7. The topological polar surface area (TPSA) is 55.3 Å². The lowest BCUT2D eigenvalue weighted by atomic mass is 10.1. The molecule has 0 saturated carbocycles. The molecule has 162 valence electrons. The fraction of sp³-hybridized carbons (Fsp3) is 0.458. The van der Waals surface area contributed by atoms with Gasteiger partial charge in [0.25, 0.3) is 0 Å². The van der Waals surface area contributed by atoms with Gasteiger partial charge < -0.3 is 24.4 Å². The maximum absolute atomic E-state index is 6.11. The van der Waals surface area contributed by atoms with Crippen LogP contribution in [-0.4, -0.2) is 56.9 Å². The Kier molecular flexibility index (Phi) is 8.84. The molecule has 0 atom stereocenters. The van der Waals surface area contributed by atoms with Crippen molar-refractivity contribution in [1.82, 2.24) is 10.2 Å². The number of hydrogen-bond acceptors (Lipinski definition) is 4. The van der Waals surface area contributed by atoms with Crippen molar-refractivity contribution in [1.29, 1.82) is 0 Å². The molecule has 1 heterocycles. The van der Waals surface area contributed by atoms with Crippen molar-refractivity contribution in [2.45, 2.75) is 32.4 Å². The van der Waals surface area contributed by atoms with Crippen LogP contribution in [0.3, 0.4) is 0 Å². The van der Waals surface area contributed by atoms with E-state index in [1.165, 1.54) is 0 Å². The third-order valence-electron chi connectivity index (χ3n) is 5.01. The summed E-state index contributed by atoms with van der Waals surface area (Å²) >= 11 is 0. The van der Waals surface area contributed by atoms with E-state index in [1.807, 2.05) is 42.5 Å². The van der Waals surface area contributed by atoms with Gasteiger partial charge in [-0.2, -0.15) is 0 Å². The van der Waals surface area contributed by atoms with Gasteiger partial charge in [0.1, 0.15) is 24.2 Å². The number of ether oxygens (including phenoxy) is 3. The fourth-order valence-electron chi connectivity index (χ4n) is 3.40. The number of nitrogens with one attached hydrogen (secondary N) is 1. The number of likely N-dealkylation sites (tertiary alicyclic amines) is 1. The highest BCUT2D eigenvalue weighted by Gasteiger charge is 2.22. The molecule has 6 heteroatoms. The van der Waals surface area contributed by atoms with Crippen molar-refractivity contribution in [3.05, 3.63) is 60.2 Å². The Balaban J connectivity index is 1.51. The lowest BCUT2D eigenvalue weighted by Crippen LogP contribution is -2.47. The first-order chi connectivity index (χ1) is 14.8. The minimum Gasteiger partial charge on any atom is -0.491 e. The minimum atomic E-state index is 0.261. The number of guanidine groups is 1. The van der Waals surface area contributed by atoms with E-state index in [9.17, 15) is 0 Å². The average molecular weight is 412 g/mol. The molecule has 0 radical (unpaired) electrons. The third-order valence-corrected chi connectivity index (χ3v) is 5.01. The standard InChI is InChI=1S/C24H33N3O3/c1-3-25-24(26-19-20-9-11-21(12-10-20)29-18-17-28-2)27-15-13-23(14-16-27)30-22-7-5-4-6-8-22/h4-12,23H,3,13-19H2,1-2H3,(H,25,26). The number of aliphatic imine (C=N–C) groups is 1. The second-order valence-corrected chi connectivity index (χ2v) is 7.27. The molecule has 1 saturated heterocycles. The van der Waals surface area contributed by atoms with Crippen LogP contribution < -0.4 is 14.8 Å². The van der Waals surface area contributed by atoms with E-state index in [4.69, 9.17) is 19.2 Å². The molecule has 30 heavy (non-hydrogen) atoms.